The Kier molecular flexibility index (Phi) is 11.2. The van der Waals surface area contributed by atoms with Gasteiger partial charge in [-0.1, -0.05) is 0 Å². The summed E-state index contributed by atoms with van der Waals surface area (Å²) in [6.07, 6.45) is 10.9. The summed E-state index contributed by atoms with van der Waals surface area (Å²) >= 11 is 0. The first-order valence-electron chi connectivity index (χ1n) is 20.6. The van der Waals surface area contributed by atoms with Crippen molar-refractivity contribution in [3.8, 4) is 0 Å². The number of carbonyl (C=O) groups is 2. The highest BCUT2D eigenvalue weighted by Gasteiger charge is 2.42. The van der Waals surface area contributed by atoms with Crippen LogP contribution in [-0.4, -0.2) is 152 Å². The minimum absolute atomic E-state index is 0.0388. The summed E-state index contributed by atoms with van der Waals surface area (Å²) in [7, 11) is -3.22. The number of urea groups is 2. The fraction of sp³-hybridized carbons (Fsp3) is 0.487. The van der Waals surface area contributed by atoms with Crippen LogP contribution in [0.2, 0.25) is 0 Å². The summed E-state index contributed by atoms with van der Waals surface area (Å²) < 4.78 is 25.4. The predicted molar refractivity (Wildman–Crippen MR) is 230 cm³/mol. The van der Waals surface area contributed by atoms with Crippen LogP contribution >= 0.6 is 0 Å². The van der Waals surface area contributed by atoms with Gasteiger partial charge >= 0.3 is 12.1 Å². The molecular weight excluding hydrogens is 789 g/mol. The van der Waals surface area contributed by atoms with Gasteiger partial charge in [-0.15, -0.1) is 0 Å². The van der Waals surface area contributed by atoms with Crippen molar-refractivity contribution >= 4 is 68.4 Å². The van der Waals surface area contributed by atoms with E-state index in [9.17, 15) is 18.0 Å². The maximum Gasteiger partial charge on any atom is 0.329 e. The van der Waals surface area contributed by atoms with Crippen LogP contribution in [0.3, 0.4) is 0 Å². The molecule has 6 aliphatic rings. The molecular formula is C39H50N16O4S. The second kappa shape index (κ2) is 17.0. The maximum atomic E-state index is 13.2. The quantitative estimate of drug-likeness (QED) is 0.264. The van der Waals surface area contributed by atoms with Gasteiger partial charge in [-0.25, -0.2) is 52.2 Å². The fourth-order valence-electron chi connectivity index (χ4n) is 8.87. The number of rotatable bonds is 5. The Labute approximate surface area is 349 Å². The average molecular weight is 839 g/mol. The lowest BCUT2D eigenvalue weighted by molar-refractivity contribution is 0.254. The molecule has 4 bridgehead atoms. The van der Waals surface area contributed by atoms with Gasteiger partial charge in [0.1, 0.15) is 35.9 Å². The van der Waals surface area contributed by atoms with Crippen LogP contribution in [0.4, 0.5) is 55.9 Å². The number of nitrogens with zero attached hydrogens (tertiary/aromatic N) is 13. The van der Waals surface area contributed by atoms with Crippen molar-refractivity contribution in [2.75, 3.05) is 125 Å². The number of sulfonamides is 1. The van der Waals surface area contributed by atoms with Crippen molar-refractivity contribution in [1.82, 2.24) is 39.5 Å². The van der Waals surface area contributed by atoms with E-state index in [1.54, 1.807) is 29.4 Å². The summed E-state index contributed by atoms with van der Waals surface area (Å²) in [5, 5.41) is 9.18. The van der Waals surface area contributed by atoms with Gasteiger partial charge in [-0.3, -0.25) is 20.4 Å². The van der Waals surface area contributed by atoms with E-state index in [1.165, 1.54) is 23.2 Å². The molecule has 0 saturated carbocycles. The second-order valence-corrected chi connectivity index (χ2v) is 17.7. The number of aromatic nitrogens is 6. The maximum absolute atomic E-state index is 13.2. The Balaban J connectivity index is 0.000000155. The molecule has 4 aromatic rings. The first kappa shape index (κ1) is 39.5. The molecule has 20 nitrogen and oxygen atoms in total. The summed E-state index contributed by atoms with van der Waals surface area (Å²) in [5.41, 5.74) is 1.97. The van der Waals surface area contributed by atoms with Crippen molar-refractivity contribution in [3.05, 3.63) is 61.4 Å². The van der Waals surface area contributed by atoms with Gasteiger partial charge in [0.25, 0.3) is 0 Å². The van der Waals surface area contributed by atoms with Crippen LogP contribution in [0, 0.1) is 0 Å². The number of hydrogen-bond donors (Lipinski definition) is 3. The van der Waals surface area contributed by atoms with Crippen LogP contribution < -0.4 is 45.3 Å². The third-order valence-corrected chi connectivity index (χ3v) is 13.2. The molecule has 10 rings (SSSR count). The second-order valence-electron chi connectivity index (χ2n) is 15.7. The Hall–Kier alpha value is -5.93. The van der Waals surface area contributed by atoms with Crippen LogP contribution in [0.5, 0.6) is 0 Å². The Morgan fingerprint density at radius 2 is 1.18 bits per heavy atom. The molecule has 0 aliphatic carbocycles. The Morgan fingerprint density at radius 3 is 1.72 bits per heavy atom. The predicted octanol–water partition coefficient (Wildman–Crippen LogP) is 2.28. The van der Waals surface area contributed by atoms with Gasteiger partial charge in [0, 0.05) is 84.4 Å². The molecule has 4 saturated heterocycles. The molecule has 2 atom stereocenters. The summed E-state index contributed by atoms with van der Waals surface area (Å²) in [5.74, 6) is 4.00. The first-order chi connectivity index (χ1) is 29.2. The van der Waals surface area contributed by atoms with Crippen molar-refractivity contribution in [3.63, 3.8) is 0 Å². The van der Waals surface area contributed by atoms with E-state index in [2.05, 4.69) is 67.6 Å². The van der Waals surface area contributed by atoms with Crippen LogP contribution in [0.15, 0.2) is 61.4 Å². The topological polar surface area (TPSA) is 204 Å². The molecule has 10 heterocycles. The van der Waals surface area contributed by atoms with Gasteiger partial charge < -0.3 is 24.9 Å². The highest BCUT2D eigenvalue weighted by atomic mass is 32.2. The number of amides is 4. The van der Waals surface area contributed by atoms with E-state index in [0.717, 1.165) is 107 Å². The minimum atomic E-state index is -3.22. The van der Waals surface area contributed by atoms with E-state index in [4.69, 9.17) is 9.97 Å². The van der Waals surface area contributed by atoms with Crippen molar-refractivity contribution < 1.29 is 18.0 Å². The van der Waals surface area contributed by atoms with Crippen LogP contribution in [0.25, 0.3) is 0 Å². The molecule has 0 aromatic carbocycles. The minimum Gasteiger partial charge on any atom is -0.366 e. The van der Waals surface area contributed by atoms with E-state index in [0.29, 0.717) is 43.6 Å². The number of fused-ring (bicyclic) bond motifs is 8. The summed E-state index contributed by atoms with van der Waals surface area (Å²) in [6, 6.07) is 11.2. The van der Waals surface area contributed by atoms with E-state index in [-0.39, 0.29) is 24.1 Å². The largest absolute Gasteiger partial charge is 0.366 e. The molecule has 4 fully saturated rings. The molecule has 0 spiro atoms. The third kappa shape index (κ3) is 8.28. The molecule has 0 radical (unpaired) electrons. The highest BCUT2D eigenvalue weighted by molar-refractivity contribution is 7.88. The molecule has 4 aromatic heterocycles. The van der Waals surface area contributed by atoms with Crippen molar-refractivity contribution in [1.29, 1.82) is 0 Å². The molecule has 60 heavy (non-hydrogen) atoms. The molecule has 0 unspecified atom stereocenters. The van der Waals surface area contributed by atoms with Crippen LogP contribution in [0.1, 0.15) is 25.7 Å². The van der Waals surface area contributed by atoms with Gasteiger partial charge in [-0.2, -0.15) is 0 Å². The lowest BCUT2D eigenvalue weighted by Crippen LogP contribution is -2.48. The zero-order valence-electron chi connectivity index (χ0n) is 33.6. The summed E-state index contributed by atoms with van der Waals surface area (Å²) in [6.45, 7) is 9.51. The zero-order chi connectivity index (χ0) is 41.2. The number of nitrogens with one attached hydrogen (secondary N) is 3. The monoisotopic (exact) mass is 838 g/mol. The van der Waals surface area contributed by atoms with Gasteiger partial charge in [0.2, 0.25) is 10.0 Å². The highest BCUT2D eigenvalue weighted by Crippen LogP contribution is 2.42. The normalized spacial score (nSPS) is 21.3. The molecule has 4 amide bonds. The standard InChI is InChI=1S/C20H26N8O3S.C19H24N8O/c1-32(30,31)27-9-2-8-25(11-12-27)18-4-3-16-19(24-18)28(15-6-10-26(16)13-15)20(29)23-17-5-7-21-14-22-17;28-19(23-16-4-7-21-13-22-16)27-14-5-10-26(12-14)15-2-3-17(24-18(15)27)25-9-1-6-20-8-11-25/h3-5,7,14-15H,2,6,8-13H2,1H3,(H,21,22,23,29);2-4,7,13-14,20H,1,5-6,8-12H2,(H,21,22,23,28)/t15-;14-/m00/s1. The third-order valence-electron chi connectivity index (χ3n) is 11.9. The zero-order valence-corrected chi connectivity index (χ0v) is 34.4. The van der Waals surface area contributed by atoms with Crippen LogP contribution in [-0.2, 0) is 10.0 Å². The Morgan fingerprint density at radius 1 is 0.633 bits per heavy atom. The molecule has 316 valence electrons. The molecule has 3 N–H and O–H groups in total. The number of anilines is 8. The van der Waals surface area contributed by atoms with E-state index < -0.39 is 10.0 Å². The number of pyridine rings is 2. The van der Waals surface area contributed by atoms with E-state index in [1.807, 2.05) is 17.0 Å². The Bertz CT molecular complexity index is 2280. The van der Waals surface area contributed by atoms with Crippen molar-refractivity contribution in [2.24, 2.45) is 0 Å². The molecule has 21 heteroatoms. The van der Waals surface area contributed by atoms with Gasteiger partial charge in [-0.05, 0) is 68.6 Å². The number of carbonyl (C=O) groups excluding carboxylic acids is 2. The molecule has 6 aliphatic heterocycles. The number of hydrogen-bond acceptors (Lipinski definition) is 15. The fourth-order valence-corrected chi connectivity index (χ4v) is 9.75. The van der Waals surface area contributed by atoms with Gasteiger partial charge in [0.15, 0.2) is 11.6 Å². The lowest BCUT2D eigenvalue weighted by Gasteiger charge is -2.36. The van der Waals surface area contributed by atoms with Gasteiger partial charge in [0.05, 0.1) is 29.7 Å². The smallest absolute Gasteiger partial charge is 0.329 e. The van der Waals surface area contributed by atoms with Crippen molar-refractivity contribution in [2.45, 2.75) is 37.8 Å². The van der Waals surface area contributed by atoms with E-state index >= 15 is 0 Å². The average Bonchev–Trinajstić information content (AvgIpc) is 3.62. The lowest BCUT2D eigenvalue weighted by atomic mass is 10.2. The first-order valence-corrected chi connectivity index (χ1v) is 22.4. The SMILES string of the molecule is CS(=O)(=O)N1CCCN(c2ccc3c(n2)N(C(=O)Nc2ccncn2)[C@H]2CCN3C2)CC1.O=C(Nc1ccncn1)N1c2nc(N3CCCNCC3)ccc2N2CC[C@H]1C2. The summed E-state index contributed by atoms with van der Waals surface area (Å²) in [4.78, 5) is 64.8.